The molecule has 1 rings (SSSR count). The van der Waals surface area contributed by atoms with E-state index in [4.69, 9.17) is 0 Å². The normalized spacial score (nSPS) is 12.0. The number of hydrogen-bond donors (Lipinski definition) is 1. The number of hydrogen-bond acceptors (Lipinski definition) is 4. The van der Waals surface area contributed by atoms with Gasteiger partial charge in [-0.05, 0) is 39.0 Å². The largest absolute Gasteiger partial charge is 0.480 e. The van der Waals surface area contributed by atoms with Gasteiger partial charge in [0.1, 0.15) is 5.54 Å². The van der Waals surface area contributed by atoms with Crippen LogP contribution in [0, 0.1) is 0 Å². The molecule has 0 aliphatic heterocycles. The molecule has 6 nitrogen and oxygen atoms in total. The Balaban J connectivity index is 3.27. The van der Waals surface area contributed by atoms with Gasteiger partial charge in [0.15, 0.2) is 9.84 Å². The molecule has 1 amide bonds. The van der Waals surface area contributed by atoms with Gasteiger partial charge in [-0.3, -0.25) is 4.79 Å². The maximum atomic E-state index is 12.5. The highest BCUT2D eigenvalue weighted by Gasteiger charge is 2.37. The summed E-state index contributed by atoms with van der Waals surface area (Å²) in [6, 6.07) is 5.59. The second-order valence-corrected chi connectivity index (χ2v) is 7.23. The van der Waals surface area contributed by atoms with E-state index in [1.165, 1.54) is 43.0 Å². The summed E-state index contributed by atoms with van der Waals surface area (Å²) in [5, 5.41) is 9.23. The van der Waals surface area contributed by atoms with Gasteiger partial charge in [0.05, 0.1) is 4.90 Å². The van der Waals surface area contributed by atoms with Gasteiger partial charge in [0, 0.05) is 18.4 Å². The van der Waals surface area contributed by atoms with Gasteiger partial charge in [0.2, 0.25) is 0 Å². The zero-order chi connectivity index (χ0) is 16.4. The number of carboxylic acids is 1. The molecule has 0 bridgehead atoms. The van der Waals surface area contributed by atoms with E-state index in [0.717, 1.165) is 6.26 Å². The minimum atomic E-state index is -3.43. The van der Waals surface area contributed by atoms with E-state index in [9.17, 15) is 23.1 Å². The van der Waals surface area contributed by atoms with Crippen molar-refractivity contribution in [2.24, 2.45) is 0 Å². The molecule has 0 aromatic heterocycles. The SMILES string of the molecule is CCN(C(=O)c1cccc(S(C)(=O)=O)c1)C(C)(C)C(=O)O. The first-order valence-corrected chi connectivity index (χ1v) is 8.26. The Morgan fingerprint density at radius 3 is 2.29 bits per heavy atom. The van der Waals surface area contributed by atoms with E-state index in [-0.39, 0.29) is 17.0 Å². The molecule has 0 heterocycles. The fourth-order valence-electron chi connectivity index (χ4n) is 1.92. The van der Waals surface area contributed by atoms with Crippen LogP contribution >= 0.6 is 0 Å². The number of benzene rings is 1. The van der Waals surface area contributed by atoms with Crippen molar-refractivity contribution >= 4 is 21.7 Å². The summed E-state index contributed by atoms with van der Waals surface area (Å²) in [6.45, 7) is 4.72. The van der Waals surface area contributed by atoms with Crippen molar-refractivity contribution in [1.82, 2.24) is 4.90 Å². The molecule has 0 unspecified atom stereocenters. The van der Waals surface area contributed by atoms with Crippen molar-refractivity contribution in [3.05, 3.63) is 29.8 Å². The third kappa shape index (κ3) is 3.60. The molecule has 0 fully saturated rings. The van der Waals surface area contributed by atoms with Gasteiger partial charge in [-0.1, -0.05) is 6.07 Å². The van der Waals surface area contributed by atoms with Crippen molar-refractivity contribution in [1.29, 1.82) is 0 Å². The first-order chi connectivity index (χ1) is 9.51. The van der Waals surface area contributed by atoms with E-state index >= 15 is 0 Å². The summed E-state index contributed by atoms with van der Waals surface area (Å²) in [7, 11) is -3.43. The van der Waals surface area contributed by atoms with Crippen molar-refractivity contribution in [3.63, 3.8) is 0 Å². The molecule has 0 aliphatic rings. The molecule has 0 spiro atoms. The molecule has 116 valence electrons. The molecule has 0 atom stereocenters. The lowest BCUT2D eigenvalue weighted by Crippen LogP contribution is -2.52. The van der Waals surface area contributed by atoms with Crippen LogP contribution in [0.1, 0.15) is 31.1 Å². The van der Waals surface area contributed by atoms with Gasteiger partial charge in [0.25, 0.3) is 5.91 Å². The highest BCUT2D eigenvalue weighted by Crippen LogP contribution is 2.20. The van der Waals surface area contributed by atoms with Crippen LogP contribution in [0.3, 0.4) is 0 Å². The molecule has 7 heteroatoms. The smallest absolute Gasteiger partial charge is 0.329 e. The molecule has 1 aromatic rings. The highest BCUT2D eigenvalue weighted by molar-refractivity contribution is 7.90. The van der Waals surface area contributed by atoms with E-state index in [2.05, 4.69) is 0 Å². The van der Waals surface area contributed by atoms with E-state index in [1.807, 2.05) is 0 Å². The third-order valence-electron chi connectivity index (χ3n) is 3.27. The average molecular weight is 313 g/mol. The molecular formula is C14H19NO5S. The maximum Gasteiger partial charge on any atom is 0.329 e. The zero-order valence-electron chi connectivity index (χ0n) is 12.5. The Kier molecular flexibility index (Phi) is 4.78. The number of nitrogens with zero attached hydrogens (tertiary/aromatic N) is 1. The minimum absolute atomic E-state index is 0.0255. The Bertz CT molecular complexity index is 664. The lowest BCUT2D eigenvalue weighted by molar-refractivity contribution is -0.147. The van der Waals surface area contributed by atoms with Crippen molar-refractivity contribution < 1.29 is 23.1 Å². The molecule has 0 saturated heterocycles. The third-order valence-corrected chi connectivity index (χ3v) is 4.38. The molecule has 0 radical (unpaired) electrons. The molecule has 1 aromatic carbocycles. The lowest BCUT2D eigenvalue weighted by Gasteiger charge is -2.34. The summed E-state index contributed by atoms with van der Waals surface area (Å²) in [5.41, 5.74) is -1.23. The number of carbonyl (C=O) groups is 2. The number of sulfone groups is 1. The predicted molar refractivity (Wildman–Crippen MR) is 78.0 cm³/mol. The zero-order valence-corrected chi connectivity index (χ0v) is 13.3. The van der Waals surface area contributed by atoms with Crippen LogP contribution in [-0.2, 0) is 14.6 Å². The summed E-state index contributed by atoms with van der Waals surface area (Å²) in [5.74, 6) is -1.65. The number of rotatable bonds is 5. The highest BCUT2D eigenvalue weighted by atomic mass is 32.2. The van der Waals surface area contributed by atoms with Crippen LogP contribution in [0.4, 0.5) is 0 Å². The first kappa shape index (κ1) is 17.2. The first-order valence-electron chi connectivity index (χ1n) is 6.37. The molecule has 0 saturated carbocycles. The van der Waals surface area contributed by atoms with E-state index < -0.39 is 27.3 Å². The van der Waals surface area contributed by atoms with Gasteiger partial charge < -0.3 is 10.0 Å². The van der Waals surface area contributed by atoms with E-state index in [0.29, 0.717) is 0 Å². The van der Waals surface area contributed by atoms with Gasteiger partial charge in [-0.15, -0.1) is 0 Å². The number of amides is 1. The van der Waals surface area contributed by atoms with Gasteiger partial charge in [-0.25, -0.2) is 13.2 Å². The summed E-state index contributed by atoms with van der Waals surface area (Å²) in [6.07, 6.45) is 1.05. The molecular weight excluding hydrogens is 294 g/mol. The quantitative estimate of drug-likeness (QED) is 0.887. The number of carbonyl (C=O) groups excluding carboxylic acids is 1. The Hall–Kier alpha value is -1.89. The van der Waals surface area contributed by atoms with Crippen LogP contribution in [0.25, 0.3) is 0 Å². The second-order valence-electron chi connectivity index (χ2n) is 5.21. The van der Waals surface area contributed by atoms with Crippen molar-refractivity contribution in [3.8, 4) is 0 Å². The maximum absolute atomic E-state index is 12.5. The van der Waals surface area contributed by atoms with Crippen molar-refractivity contribution in [2.45, 2.75) is 31.2 Å². The molecule has 0 aliphatic carbocycles. The molecule has 21 heavy (non-hydrogen) atoms. The fraction of sp³-hybridized carbons (Fsp3) is 0.429. The van der Waals surface area contributed by atoms with Gasteiger partial charge in [-0.2, -0.15) is 0 Å². The van der Waals surface area contributed by atoms with Crippen LogP contribution in [0.15, 0.2) is 29.2 Å². The fourth-order valence-corrected chi connectivity index (χ4v) is 2.59. The van der Waals surface area contributed by atoms with E-state index in [1.54, 1.807) is 6.92 Å². The predicted octanol–water partition coefficient (Wildman–Crippen LogP) is 1.42. The standard InChI is InChI=1S/C14H19NO5S/c1-5-15(14(2,3)13(17)18)12(16)10-7-6-8-11(9-10)21(4,19)20/h6-9H,5H2,1-4H3,(H,17,18). The average Bonchev–Trinajstić information content (AvgIpc) is 2.38. The van der Waals surface area contributed by atoms with Crippen LogP contribution in [0.2, 0.25) is 0 Å². The van der Waals surface area contributed by atoms with Crippen molar-refractivity contribution in [2.75, 3.05) is 12.8 Å². The topological polar surface area (TPSA) is 91.8 Å². The van der Waals surface area contributed by atoms with Crippen LogP contribution in [-0.4, -0.2) is 48.6 Å². The Morgan fingerprint density at radius 2 is 1.86 bits per heavy atom. The summed E-state index contributed by atoms with van der Waals surface area (Å²) >= 11 is 0. The van der Waals surface area contributed by atoms with Crippen LogP contribution in [0.5, 0.6) is 0 Å². The Morgan fingerprint density at radius 1 is 1.29 bits per heavy atom. The van der Waals surface area contributed by atoms with Crippen LogP contribution < -0.4 is 0 Å². The Labute approximate surface area is 124 Å². The number of aliphatic carboxylic acids is 1. The second kappa shape index (κ2) is 5.85. The number of likely N-dealkylation sites (N-methyl/N-ethyl adjacent to an activating group) is 1. The molecule has 1 N–H and O–H groups in total. The monoisotopic (exact) mass is 313 g/mol. The summed E-state index contributed by atoms with van der Waals surface area (Å²) in [4.78, 5) is 25.0. The minimum Gasteiger partial charge on any atom is -0.480 e. The number of carboxylic acid groups (broad SMARTS) is 1. The summed E-state index contributed by atoms with van der Waals surface area (Å²) < 4.78 is 23.1. The van der Waals surface area contributed by atoms with Gasteiger partial charge >= 0.3 is 5.97 Å². The lowest BCUT2D eigenvalue weighted by atomic mass is 10.0.